The molecule has 0 radical (unpaired) electrons. The number of nitrogens with zero attached hydrogens (tertiary/aromatic N) is 1. The van der Waals surface area contributed by atoms with Gasteiger partial charge in [0.1, 0.15) is 12.4 Å². The van der Waals surface area contributed by atoms with E-state index in [-0.39, 0.29) is 11.9 Å². The summed E-state index contributed by atoms with van der Waals surface area (Å²) in [4.78, 5) is 17.4. The first kappa shape index (κ1) is 23.2. The number of hydrogen-bond donors (Lipinski definition) is 2. The molecule has 2 aromatic carbocycles. The van der Waals surface area contributed by atoms with Crippen LogP contribution < -0.4 is 25.3 Å². The highest BCUT2D eigenvalue weighted by molar-refractivity contribution is 5.96. The summed E-state index contributed by atoms with van der Waals surface area (Å²) in [6.45, 7) is 6.84. The Morgan fingerprint density at radius 3 is 2.62 bits per heavy atom. The van der Waals surface area contributed by atoms with Gasteiger partial charge in [0.25, 0.3) is 5.91 Å². The number of benzene rings is 2. The van der Waals surface area contributed by atoms with Crippen molar-refractivity contribution in [3.63, 3.8) is 0 Å². The van der Waals surface area contributed by atoms with Crippen LogP contribution in [0.4, 0.5) is 5.69 Å². The highest BCUT2D eigenvalue weighted by Gasteiger charge is 2.17. The van der Waals surface area contributed by atoms with Crippen molar-refractivity contribution in [3.05, 3.63) is 53.7 Å². The van der Waals surface area contributed by atoms with Gasteiger partial charge in [0.15, 0.2) is 11.5 Å². The maximum Gasteiger partial charge on any atom is 0.251 e. The first-order chi connectivity index (χ1) is 15.5. The number of anilines is 1. The van der Waals surface area contributed by atoms with Crippen LogP contribution in [-0.2, 0) is 0 Å². The second-order valence-corrected chi connectivity index (χ2v) is 7.61. The molecule has 1 aromatic heterocycles. The van der Waals surface area contributed by atoms with Gasteiger partial charge in [-0.2, -0.15) is 0 Å². The van der Waals surface area contributed by atoms with Crippen molar-refractivity contribution in [2.45, 2.75) is 39.7 Å². The zero-order valence-corrected chi connectivity index (χ0v) is 19.1. The molecule has 32 heavy (non-hydrogen) atoms. The van der Waals surface area contributed by atoms with Gasteiger partial charge in [0.05, 0.1) is 30.7 Å². The van der Waals surface area contributed by atoms with Gasteiger partial charge in [-0.05, 0) is 56.2 Å². The second-order valence-electron chi connectivity index (χ2n) is 7.61. The molecular weight excluding hydrogens is 406 g/mol. The highest BCUT2D eigenvalue weighted by Crippen LogP contribution is 2.31. The van der Waals surface area contributed by atoms with Crippen molar-refractivity contribution in [3.8, 4) is 17.2 Å². The summed E-state index contributed by atoms with van der Waals surface area (Å²) in [7, 11) is 1.56. The summed E-state index contributed by atoms with van der Waals surface area (Å²) >= 11 is 0. The lowest BCUT2D eigenvalue weighted by Gasteiger charge is -2.19. The van der Waals surface area contributed by atoms with Crippen molar-refractivity contribution in [1.82, 2.24) is 10.3 Å². The zero-order valence-electron chi connectivity index (χ0n) is 19.1. The SMILES string of the molecule is CCCOc1ccc(C(=O)NC(CC)COc2cccc3nc(C)cc(N)c23)cc1OC. The highest BCUT2D eigenvalue weighted by atomic mass is 16.5. The number of hydrogen-bond acceptors (Lipinski definition) is 6. The van der Waals surface area contributed by atoms with Crippen LogP contribution in [0.15, 0.2) is 42.5 Å². The van der Waals surface area contributed by atoms with Crippen LogP contribution in [0.5, 0.6) is 17.2 Å². The summed E-state index contributed by atoms with van der Waals surface area (Å²) < 4.78 is 17.1. The van der Waals surface area contributed by atoms with E-state index < -0.39 is 0 Å². The fourth-order valence-electron chi connectivity index (χ4n) is 3.40. The number of pyridine rings is 1. The number of carbonyl (C=O) groups is 1. The molecule has 0 bridgehead atoms. The predicted octanol–water partition coefficient (Wildman–Crippen LogP) is 4.51. The summed E-state index contributed by atoms with van der Waals surface area (Å²) in [6.07, 6.45) is 1.60. The van der Waals surface area contributed by atoms with Crippen LogP contribution in [0.25, 0.3) is 10.9 Å². The number of aryl methyl sites for hydroxylation is 1. The van der Waals surface area contributed by atoms with Gasteiger partial charge in [-0.25, -0.2) is 0 Å². The molecule has 1 unspecified atom stereocenters. The van der Waals surface area contributed by atoms with E-state index in [2.05, 4.69) is 10.3 Å². The Bertz CT molecular complexity index is 1080. The van der Waals surface area contributed by atoms with E-state index in [1.807, 2.05) is 45.0 Å². The molecular formula is C25H31N3O4. The van der Waals surface area contributed by atoms with E-state index in [1.54, 1.807) is 25.3 Å². The van der Waals surface area contributed by atoms with Gasteiger partial charge >= 0.3 is 0 Å². The first-order valence-electron chi connectivity index (χ1n) is 10.9. The van der Waals surface area contributed by atoms with Crippen LogP contribution >= 0.6 is 0 Å². The van der Waals surface area contributed by atoms with Gasteiger partial charge < -0.3 is 25.3 Å². The Kier molecular flexibility index (Phi) is 7.76. The number of ether oxygens (including phenoxy) is 3. The summed E-state index contributed by atoms with van der Waals surface area (Å²) in [6, 6.07) is 12.5. The van der Waals surface area contributed by atoms with Gasteiger partial charge in [-0.15, -0.1) is 0 Å². The van der Waals surface area contributed by atoms with Crippen LogP contribution in [0.3, 0.4) is 0 Å². The smallest absolute Gasteiger partial charge is 0.251 e. The second kappa shape index (κ2) is 10.7. The molecule has 0 aliphatic carbocycles. The molecule has 0 aliphatic rings. The van der Waals surface area contributed by atoms with Gasteiger partial charge in [-0.3, -0.25) is 9.78 Å². The topological polar surface area (TPSA) is 95.7 Å². The minimum atomic E-state index is -0.199. The Morgan fingerprint density at radius 1 is 1.09 bits per heavy atom. The lowest BCUT2D eigenvalue weighted by molar-refractivity contribution is 0.0920. The lowest BCUT2D eigenvalue weighted by Crippen LogP contribution is -2.38. The third-order valence-corrected chi connectivity index (χ3v) is 5.11. The predicted molar refractivity (Wildman–Crippen MR) is 127 cm³/mol. The number of methoxy groups -OCH3 is 1. The fourth-order valence-corrected chi connectivity index (χ4v) is 3.40. The monoisotopic (exact) mass is 437 g/mol. The maximum atomic E-state index is 12.8. The van der Waals surface area contributed by atoms with Crippen LogP contribution in [0.1, 0.15) is 42.7 Å². The molecule has 1 amide bonds. The van der Waals surface area contributed by atoms with Gasteiger partial charge in [0.2, 0.25) is 0 Å². The van der Waals surface area contributed by atoms with Crippen molar-refractivity contribution in [2.75, 3.05) is 26.1 Å². The van der Waals surface area contributed by atoms with Crippen LogP contribution in [0.2, 0.25) is 0 Å². The minimum absolute atomic E-state index is 0.181. The number of rotatable bonds is 10. The minimum Gasteiger partial charge on any atom is -0.493 e. The number of nitrogens with one attached hydrogen (secondary N) is 1. The standard InChI is InChI=1S/C25H31N3O4/c1-5-12-31-21-11-10-17(14-23(21)30-4)25(29)28-18(6-2)15-32-22-9-7-8-20-24(22)19(26)13-16(3)27-20/h7-11,13-14,18H,5-6,12,15H2,1-4H3,(H2,26,27)(H,28,29). The Balaban J connectivity index is 1.70. The van der Waals surface area contributed by atoms with Gasteiger partial charge in [-0.1, -0.05) is 19.9 Å². The fraction of sp³-hybridized carbons (Fsp3) is 0.360. The molecule has 3 aromatic rings. The quantitative estimate of drug-likeness (QED) is 0.484. The third kappa shape index (κ3) is 5.41. The normalized spacial score (nSPS) is 11.8. The summed E-state index contributed by atoms with van der Waals surface area (Å²) in [5.41, 5.74) is 8.97. The summed E-state index contributed by atoms with van der Waals surface area (Å²) in [5, 5.41) is 3.82. The average molecular weight is 438 g/mol. The van der Waals surface area contributed by atoms with Crippen molar-refractivity contribution < 1.29 is 19.0 Å². The van der Waals surface area contributed by atoms with Gasteiger partial charge in [0, 0.05) is 16.9 Å². The third-order valence-electron chi connectivity index (χ3n) is 5.11. The molecule has 170 valence electrons. The molecule has 0 spiro atoms. The van der Waals surface area contributed by atoms with Crippen molar-refractivity contribution in [1.29, 1.82) is 0 Å². The van der Waals surface area contributed by atoms with E-state index in [4.69, 9.17) is 19.9 Å². The van der Waals surface area contributed by atoms with E-state index in [9.17, 15) is 4.79 Å². The van der Waals surface area contributed by atoms with E-state index in [1.165, 1.54) is 0 Å². The average Bonchev–Trinajstić information content (AvgIpc) is 2.79. The number of fused-ring (bicyclic) bond motifs is 1. The Morgan fingerprint density at radius 2 is 1.91 bits per heavy atom. The van der Waals surface area contributed by atoms with Crippen LogP contribution in [-0.4, -0.2) is 37.3 Å². The van der Waals surface area contributed by atoms with Crippen molar-refractivity contribution >= 4 is 22.5 Å². The summed E-state index contributed by atoms with van der Waals surface area (Å²) in [5.74, 6) is 1.61. The number of nitrogens with two attached hydrogens (primary N) is 1. The number of carbonyl (C=O) groups excluding carboxylic acids is 1. The van der Waals surface area contributed by atoms with Crippen LogP contribution in [0, 0.1) is 6.92 Å². The zero-order chi connectivity index (χ0) is 23.1. The molecule has 0 aliphatic heterocycles. The van der Waals surface area contributed by atoms with E-state index in [0.717, 1.165) is 23.0 Å². The Labute approximate surface area is 188 Å². The molecule has 0 saturated carbocycles. The maximum absolute atomic E-state index is 12.8. The first-order valence-corrected chi connectivity index (χ1v) is 10.9. The molecule has 3 N–H and O–H groups in total. The Hall–Kier alpha value is -3.48. The number of nitrogen functional groups attached to an aromatic ring is 1. The molecule has 7 heteroatoms. The number of aromatic nitrogens is 1. The lowest BCUT2D eigenvalue weighted by atomic mass is 10.1. The molecule has 0 saturated heterocycles. The van der Waals surface area contributed by atoms with E-state index >= 15 is 0 Å². The molecule has 3 rings (SSSR count). The van der Waals surface area contributed by atoms with Crippen molar-refractivity contribution in [2.24, 2.45) is 0 Å². The molecule has 1 atom stereocenters. The molecule has 7 nitrogen and oxygen atoms in total. The molecule has 1 heterocycles. The number of amides is 1. The molecule has 0 fully saturated rings. The largest absolute Gasteiger partial charge is 0.493 e. The van der Waals surface area contributed by atoms with E-state index in [0.29, 0.717) is 48.1 Å².